The highest BCUT2D eigenvalue weighted by molar-refractivity contribution is 7.91. The van der Waals surface area contributed by atoms with Gasteiger partial charge in [-0.2, -0.15) is 4.37 Å². The summed E-state index contributed by atoms with van der Waals surface area (Å²) in [6.45, 7) is 0. The lowest BCUT2D eigenvalue weighted by atomic mass is 9.93. The highest BCUT2D eigenvalue weighted by atomic mass is 32.2. The topological polar surface area (TPSA) is 105 Å². The van der Waals surface area contributed by atoms with E-state index >= 15 is 0 Å². The molecule has 0 aromatic carbocycles. The summed E-state index contributed by atoms with van der Waals surface area (Å²) in [5.41, 5.74) is 5.59. The molecule has 0 radical (unpaired) electrons. The van der Waals surface area contributed by atoms with E-state index in [2.05, 4.69) is 9.69 Å². The number of nitrogens with two attached hydrogens (primary N) is 1. The van der Waals surface area contributed by atoms with Crippen molar-refractivity contribution in [3.8, 4) is 0 Å². The third kappa shape index (κ3) is 2.93. The summed E-state index contributed by atoms with van der Waals surface area (Å²) < 4.78 is 27.2. The van der Waals surface area contributed by atoms with E-state index in [1.807, 2.05) is 0 Å². The molecule has 0 saturated heterocycles. The van der Waals surface area contributed by atoms with Crippen molar-refractivity contribution in [1.82, 2.24) is 4.37 Å². The van der Waals surface area contributed by atoms with Crippen molar-refractivity contribution in [3.63, 3.8) is 0 Å². The van der Waals surface area contributed by atoms with Crippen LogP contribution in [0.25, 0.3) is 0 Å². The largest absolute Gasteiger partial charge is 0.393 e. The number of rotatable bonds is 3. The monoisotopic (exact) mass is 291 g/mol. The molecule has 0 spiro atoms. The summed E-state index contributed by atoms with van der Waals surface area (Å²) in [5, 5.41) is 13.1. The Morgan fingerprint density at radius 3 is 2.56 bits per heavy atom. The number of sulfone groups is 1. The fourth-order valence-electron chi connectivity index (χ4n) is 2.15. The van der Waals surface area contributed by atoms with Gasteiger partial charge >= 0.3 is 0 Å². The van der Waals surface area contributed by atoms with Crippen LogP contribution < -0.4 is 11.1 Å². The number of hydrogen-bond donors (Lipinski definition) is 3. The first kappa shape index (κ1) is 13.6. The Bertz CT molecular complexity index is 518. The zero-order valence-electron chi connectivity index (χ0n) is 10.1. The molecule has 2 rings (SSSR count). The Balaban J connectivity index is 2.15. The van der Waals surface area contributed by atoms with Gasteiger partial charge in [-0.05, 0) is 37.2 Å². The molecule has 1 aromatic rings. The maximum Gasteiger partial charge on any atom is 0.182 e. The molecule has 8 heteroatoms. The van der Waals surface area contributed by atoms with E-state index in [0.717, 1.165) is 43.5 Å². The second kappa shape index (κ2) is 5.02. The summed E-state index contributed by atoms with van der Waals surface area (Å²) in [6, 6.07) is 0.175. The molecule has 1 aliphatic carbocycles. The van der Waals surface area contributed by atoms with Crippen LogP contribution in [0.2, 0.25) is 0 Å². The van der Waals surface area contributed by atoms with Gasteiger partial charge in [-0.1, -0.05) is 0 Å². The quantitative estimate of drug-likeness (QED) is 0.762. The summed E-state index contributed by atoms with van der Waals surface area (Å²) in [7, 11) is -3.37. The minimum absolute atomic E-state index is 0.0563. The van der Waals surface area contributed by atoms with E-state index in [1.165, 1.54) is 0 Å². The smallest absolute Gasteiger partial charge is 0.182 e. The zero-order valence-corrected chi connectivity index (χ0v) is 11.7. The first-order valence-corrected chi connectivity index (χ1v) is 8.44. The first-order valence-electron chi connectivity index (χ1n) is 5.77. The third-order valence-corrected chi connectivity index (χ3v) is 5.15. The SMILES string of the molecule is CS(=O)(=O)c1c(N)nsc1NC1CCC(O)CC1. The summed E-state index contributed by atoms with van der Waals surface area (Å²) in [5.74, 6) is 0.0563. The normalized spacial score (nSPS) is 25.0. The first-order chi connectivity index (χ1) is 8.38. The molecular formula is C10H17N3O3S2. The van der Waals surface area contributed by atoms with Crippen molar-refractivity contribution < 1.29 is 13.5 Å². The van der Waals surface area contributed by atoms with Crippen LogP contribution in [0.5, 0.6) is 0 Å². The molecule has 0 unspecified atom stereocenters. The van der Waals surface area contributed by atoms with Crippen molar-refractivity contribution in [2.24, 2.45) is 0 Å². The summed E-state index contributed by atoms with van der Waals surface area (Å²) in [4.78, 5) is 0.0959. The van der Waals surface area contributed by atoms with Crippen molar-refractivity contribution in [1.29, 1.82) is 0 Å². The predicted molar refractivity (Wildman–Crippen MR) is 71.5 cm³/mol. The second-order valence-electron chi connectivity index (χ2n) is 4.65. The predicted octanol–water partition coefficient (Wildman–Crippen LogP) is 0.844. The Hall–Kier alpha value is -0.860. The number of nitrogens with one attached hydrogen (secondary N) is 1. The van der Waals surface area contributed by atoms with Gasteiger partial charge in [-0.3, -0.25) is 0 Å². The van der Waals surface area contributed by atoms with Crippen LogP contribution in [0.15, 0.2) is 4.90 Å². The van der Waals surface area contributed by atoms with Crippen LogP contribution in [0.4, 0.5) is 10.8 Å². The molecule has 1 fully saturated rings. The summed E-state index contributed by atoms with van der Waals surface area (Å²) >= 11 is 1.07. The Morgan fingerprint density at radius 2 is 2.00 bits per heavy atom. The number of anilines is 2. The summed E-state index contributed by atoms with van der Waals surface area (Å²) in [6.07, 6.45) is 4.01. The fourth-order valence-corrected chi connectivity index (χ4v) is 4.28. The Labute approximate surface area is 110 Å². The lowest BCUT2D eigenvalue weighted by Gasteiger charge is -2.26. The molecule has 0 bridgehead atoms. The minimum atomic E-state index is -3.37. The molecule has 4 N–H and O–H groups in total. The molecule has 1 aliphatic rings. The van der Waals surface area contributed by atoms with Crippen LogP contribution >= 0.6 is 11.5 Å². The molecular weight excluding hydrogens is 274 g/mol. The number of hydrogen-bond acceptors (Lipinski definition) is 7. The van der Waals surface area contributed by atoms with Gasteiger partial charge in [0, 0.05) is 12.3 Å². The standard InChI is InChI=1S/C10H17N3O3S2/c1-18(15,16)8-9(11)13-17-10(8)12-6-2-4-7(14)5-3-6/h6-7,12,14H,2-5H2,1H3,(H2,11,13). The number of aromatic nitrogens is 1. The van der Waals surface area contributed by atoms with Crippen molar-refractivity contribution >= 4 is 32.2 Å². The zero-order chi connectivity index (χ0) is 13.3. The molecule has 18 heavy (non-hydrogen) atoms. The van der Waals surface area contributed by atoms with Crippen molar-refractivity contribution in [2.45, 2.75) is 42.7 Å². The van der Waals surface area contributed by atoms with Gasteiger partial charge in [0.1, 0.15) is 9.90 Å². The number of nitrogens with zero attached hydrogens (tertiary/aromatic N) is 1. The van der Waals surface area contributed by atoms with E-state index in [9.17, 15) is 13.5 Å². The van der Waals surface area contributed by atoms with Crippen LogP contribution in [0.3, 0.4) is 0 Å². The second-order valence-corrected chi connectivity index (χ2v) is 7.37. The molecule has 0 amide bonds. The third-order valence-electron chi connectivity index (χ3n) is 3.08. The van der Waals surface area contributed by atoms with Crippen LogP contribution in [-0.2, 0) is 9.84 Å². The van der Waals surface area contributed by atoms with E-state index in [-0.39, 0.29) is 22.9 Å². The highest BCUT2D eigenvalue weighted by Crippen LogP contribution is 2.33. The minimum Gasteiger partial charge on any atom is -0.393 e. The average molecular weight is 291 g/mol. The molecule has 0 atom stereocenters. The Morgan fingerprint density at radius 1 is 1.39 bits per heavy atom. The Kier molecular flexibility index (Phi) is 3.79. The highest BCUT2D eigenvalue weighted by Gasteiger charge is 2.25. The van der Waals surface area contributed by atoms with Crippen molar-refractivity contribution in [2.75, 3.05) is 17.3 Å². The molecule has 1 heterocycles. The number of aliphatic hydroxyl groups excluding tert-OH is 1. The van der Waals surface area contributed by atoms with E-state index in [1.54, 1.807) is 0 Å². The lowest BCUT2D eigenvalue weighted by molar-refractivity contribution is 0.126. The molecule has 0 aliphatic heterocycles. The van der Waals surface area contributed by atoms with E-state index in [0.29, 0.717) is 5.00 Å². The van der Waals surface area contributed by atoms with Crippen LogP contribution in [0.1, 0.15) is 25.7 Å². The van der Waals surface area contributed by atoms with Gasteiger partial charge in [0.25, 0.3) is 0 Å². The average Bonchev–Trinajstić information content (AvgIpc) is 2.63. The molecule has 102 valence electrons. The van der Waals surface area contributed by atoms with Crippen LogP contribution in [-0.4, -0.2) is 36.3 Å². The van der Waals surface area contributed by atoms with Gasteiger partial charge in [0.05, 0.1) is 6.10 Å². The van der Waals surface area contributed by atoms with Crippen molar-refractivity contribution in [3.05, 3.63) is 0 Å². The maximum atomic E-state index is 11.6. The van der Waals surface area contributed by atoms with Gasteiger partial charge in [-0.25, -0.2) is 8.42 Å². The van der Waals surface area contributed by atoms with Gasteiger partial charge in [0.2, 0.25) is 0 Å². The van der Waals surface area contributed by atoms with Crippen LogP contribution in [0, 0.1) is 0 Å². The van der Waals surface area contributed by atoms with E-state index < -0.39 is 9.84 Å². The van der Waals surface area contributed by atoms with Gasteiger partial charge < -0.3 is 16.2 Å². The molecule has 6 nitrogen and oxygen atoms in total. The molecule has 1 saturated carbocycles. The number of aliphatic hydroxyl groups is 1. The fraction of sp³-hybridized carbons (Fsp3) is 0.700. The number of nitrogen functional groups attached to an aromatic ring is 1. The molecule has 1 aromatic heterocycles. The van der Waals surface area contributed by atoms with Gasteiger partial charge in [-0.15, -0.1) is 0 Å². The maximum absolute atomic E-state index is 11.6. The lowest BCUT2D eigenvalue weighted by Crippen LogP contribution is -2.28. The van der Waals surface area contributed by atoms with E-state index in [4.69, 9.17) is 5.73 Å². The van der Waals surface area contributed by atoms with Gasteiger partial charge in [0.15, 0.2) is 15.7 Å².